The zero-order valence-corrected chi connectivity index (χ0v) is 10.9. The number of carbonyl (C=O) groups is 1. The van der Waals surface area contributed by atoms with Gasteiger partial charge >= 0.3 is 12.3 Å². The molecule has 1 heterocycles. The highest BCUT2D eigenvalue weighted by Crippen LogP contribution is 2.30. The number of hydrogen-bond donors (Lipinski definition) is 1. The number of amides is 1. The first-order valence-corrected chi connectivity index (χ1v) is 6.07. The number of nitrogens with two attached hydrogens (primary N) is 1. The summed E-state index contributed by atoms with van der Waals surface area (Å²) < 4.78 is 42.3. The molecule has 1 aromatic carbocycles. The van der Waals surface area contributed by atoms with Crippen molar-refractivity contribution in [2.24, 2.45) is 5.73 Å². The predicted molar refractivity (Wildman–Crippen MR) is 65.8 cm³/mol. The second-order valence-corrected chi connectivity index (χ2v) is 5.04. The zero-order chi connectivity index (χ0) is 15.0. The SMILES string of the molecule is CC1(CN)COC(=O)N1Cc1ccc(C(F)(F)F)cc1. The molecule has 1 aliphatic heterocycles. The average Bonchev–Trinajstić information content (AvgIpc) is 2.67. The Kier molecular flexibility index (Phi) is 3.64. The molecule has 0 saturated carbocycles. The molecule has 0 spiro atoms. The highest BCUT2D eigenvalue weighted by atomic mass is 19.4. The Morgan fingerprint density at radius 1 is 1.35 bits per heavy atom. The molecule has 2 N–H and O–H groups in total. The molecule has 1 amide bonds. The second kappa shape index (κ2) is 4.97. The predicted octanol–water partition coefficient (Wildman–Crippen LogP) is 2.38. The Morgan fingerprint density at radius 2 is 1.95 bits per heavy atom. The van der Waals surface area contributed by atoms with E-state index >= 15 is 0 Å². The largest absolute Gasteiger partial charge is 0.447 e. The fraction of sp³-hybridized carbons (Fsp3) is 0.462. The van der Waals surface area contributed by atoms with Gasteiger partial charge in [0.2, 0.25) is 0 Å². The molecule has 0 bridgehead atoms. The van der Waals surface area contributed by atoms with Crippen LogP contribution < -0.4 is 5.73 Å². The van der Waals surface area contributed by atoms with Crippen LogP contribution in [0.25, 0.3) is 0 Å². The third kappa shape index (κ3) is 2.72. The summed E-state index contributed by atoms with van der Waals surface area (Å²) in [6.07, 6.45) is -4.87. The lowest BCUT2D eigenvalue weighted by atomic mass is 10.0. The summed E-state index contributed by atoms with van der Waals surface area (Å²) in [6.45, 7) is 2.36. The van der Waals surface area contributed by atoms with Gasteiger partial charge in [0.15, 0.2) is 0 Å². The van der Waals surface area contributed by atoms with Crippen molar-refractivity contribution in [3.8, 4) is 0 Å². The minimum Gasteiger partial charge on any atom is -0.447 e. The molecule has 7 heteroatoms. The highest BCUT2D eigenvalue weighted by Gasteiger charge is 2.42. The van der Waals surface area contributed by atoms with Crippen molar-refractivity contribution >= 4 is 6.09 Å². The molecule has 1 unspecified atom stereocenters. The number of alkyl halides is 3. The van der Waals surface area contributed by atoms with Crippen LogP contribution in [0, 0.1) is 0 Å². The van der Waals surface area contributed by atoms with Crippen LogP contribution in [-0.2, 0) is 17.5 Å². The van der Waals surface area contributed by atoms with E-state index in [1.165, 1.54) is 17.0 Å². The van der Waals surface area contributed by atoms with E-state index in [1.807, 2.05) is 0 Å². The van der Waals surface area contributed by atoms with Gasteiger partial charge in [-0.2, -0.15) is 13.2 Å². The maximum absolute atomic E-state index is 12.5. The third-order valence-electron chi connectivity index (χ3n) is 3.44. The summed E-state index contributed by atoms with van der Waals surface area (Å²) in [6, 6.07) is 4.70. The van der Waals surface area contributed by atoms with Crippen molar-refractivity contribution in [1.29, 1.82) is 0 Å². The molecular formula is C13H15F3N2O2. The number of halogens is 3. The number of rotatable bonds is 3. The fourth-order valence-electron chi connectivity index (χ4n) is 2.00. The van der Waals surface area contributed by atoms with Gasteiger partial charge in [-0.1, -0.05) is 12.1 Å². The van der Waals surface area contributed by atoms with E-state index in [9.17, 15) is 18.0 Å². The lowest BCUT2D eigenvalue weighted by Crippen LogP contribution is -2.49. The van der Waals surface area contributed by atoms with Crippen molar-refractivity contribution in [1.82, 2.24) is 4.90 Å². The smallest absolute Gasteiger partial charge is 0.416 e. The van der Waals surface area contributed by atoms with E-state index in [-0.39, 0.29) is 19.7 Å². The van der Waals surface area contributed by atoms with E-state index in [4.69, 9.17) is 10.5 Å². The maximum Gasteiger partial charge on any atom is 0.416 e. The quantitative estimate of drug-likeness (QED) is 0.929. The Labute approximate surface area is 114 Å². The van der Waals surface area contributed by atoms with Gasteiger partial charge in [-0.3, -0.25) is 4.90 Å². The zero-order valence-electron chi connectivity index (χ0n) is 10.9. The Balaban J connectivity index is 2.16. The highest BCUT2D eigenvalue weighted by molar-refractivity contribution is 5.71. The number of ether oxygens (including phenoxy) is 1. The lowest BCUT2D eigenvalue weighted by Gasteiger charge is -2.30. The van der Waals surface area contributed by atoms with Crippen LogP contribution >= 0.6 is 0 Å². The van der Waals surface area contributed by atoms with Crippen LogP contribution in [0.4, 0.5) is 18.0 Å². The van der Waals surface area contributed by atoms with E-state index in [0.29, 0.717) is 5.56 Å². The van der Waals surface area contributed by atoms with Gasteiger partial charge < -0.3 is 10.5 Å². The van der Waals surface area contributed by atoms with Crippen molar-refractivity contribution in [3.63, 3.8) is 0 Å². The minimum atomic E-state index is -4.36. The summed E-state index contributed by atoms with van der Waals surface area (Å²) in [5.41, 5.74) is 4.89. The van der Waals surface area contributed by atoms with Crippen molar-refractivity contribution < 1.29 is 22.7 Å². The van der Waals surface area contributed by atoms with Crippen LogP contribution in [0.2, 0.25) is 0 Å². The van der Waals surface area contributed by atoms with Gasteiger partial charge in [-0.05, 0) is 24.6 Å². The standard InChI is InChI=1S/C13H15F3N2O2/c1-12(7-17)8-20-11(19)18(12)6-9-2-4-10(5-3-9)13(14,15)16/h2-5H,6-8,17H2,1H3. The van der Waals surface area contributed by atoms with Gasteiger partial charge in [0.25, 0.3) is 0 Å². The number of hydrogen-bond acceptors (Lipinski definition) is 3. The van der Waals surface area contributed by atoms with E-state index in [1.54, 1.807) is 6.92 Å². The molecule has 0 aromatic heterocycles. The average molecular weight is 288 g/mol. The fourth-order valence-corrected chi connectivity index (χ4v) is 2.00. The van der Waals surface area contributed by atoms with E-state index < -0.39 is 23.4 Å². The maximum atomic E-state index is 12.5. The van der Waals surface area contributed by atoms with Crippen LogP contribution in [0.15, 0.2) is 24.3 Å². The Hall–Kier alpha value is -1.76. The van der Waals surface area contributed by atoms with Crippen LogP contribution in [-0.4, -0.2) is 29.7 Å². The Bertz CT molecular complexity index is 501. The number of nitrogens with zero attached hydrogens (tertiary/aromatic N) is 1. The number of carbonyl (C=O) groups excluding carboxylic acids is 1. The first-order valence-electron chi connectivity index (χ1n) is 6.07. The van der Waals surface area contributed by atoms with Gasteiger partial charge in [-0.15, -0.1) is 0 Å². The van der Waals surface area contributed by atoms with Crippen molar-refractivity contribution in [2.75, 3.05) is 13.2 Å². The first-order chi connectivity index (χ1) is 9.26. The van der Waals surface area contributed by atoms with Crippen LogP contribution in [0.5, 0.6) is 0 Å². The molecule has 4 nitrogen and oxygen atoms in total. The molecule has 1 aliphatic rings. The Morgan fingerprint density at radius 3 is 2.45 bits per heavy atom. The molecule has 1 atom stereocenters. The lowest BCUT2D eigenvalue weighted by molar-refractivity contribution is -0.137. The normalized spacial score (nSPS) is 23.1. The molecule has 1 saturated heterocycles. The summed E-state index contributed by atoms with van der Waals surface area (Å²) in [5.74, 6) is 0. The molecule has 1 aromatic rings. The summed E-state index contributed by atoms with van der Waals surface area (Å²) in [4.78, 5) is 13.1. The molecule has 20 heavy (non-hydrogen) atoms. The first kappa shape index (κ1) is 14.6. The molecule has 110 valence electrons. The summed E-state index contributed by atoms with van der Waals surface area (Å²) in [7, 11) is 0. The second-order valence-electron chi connectivity index (χ2n) is 5.04. The molecule has 0 radical (unpaired) electrons. The molecule has 2 rings (SSSR count). The van der Waals surface area contributed by atoms with Crippen molar-refractivity contribution in [2.45, 2.75) is 25.2 Å². The number of cyclic esters (lactones) is 1. The minimum absolute atomic E-state index is 0.171. The molecular weight excluding hydrogens is 273 g/mol. The topological polar surface area (TPSA) is 55.6 Å². The number of benzene rings is 1. The van der Waals surface area contributed by atoms with Gasteiger partial charge in [0, 0.05) is 13.1 Å². The molecule has 0 aliphatic carbocycles. The van der Waals surface area contributed by atoms with E-state index in [0.717, 1.165) is 12.1 Å². The van der Waals surface area contributed by atoms with Crippen molar-refractivity contribution in [3.05, 3.63) is 35.4 Å². The third-order valence-corrected chi connectivity index (χ3v) is 3.44. The van der Waals surface area contributed by atoms with Gasteiger partial charge in [0.05, 0.1) is 11.1 Å². The summed E-state index contributed by atoms with van der Waals surface area (Å²) in [5, 5.41) is 0. The van der Waals surface area contributed by atoms with Gasteiger partial charge in [0.1, 0.15) is 6.61 Å². The van der Waals surface area contributed by atoms with Crippen LogP contribution in [0.3, 0.4) is 0 Å². The van der Waals surface area contributed by atoms with Crippen LogP contribution in [0.1, 0.15) is 18.1 Å². The van der Waals surface area contributed by atoms with Gasteiger partial charge in [-0.25, -0.2) is 4.79 Å². The monoisotopic (exact) mass is 288 g/mol. The summed E-state index contributed by atoms with van der Waals surface area (Å²) >= 11 is 0. The molecule has 1 fully saturated rings. The van der Waals surface area contributed by atoms with E-state index in [2.05, 4.69) is 0 Å².